The van der Waals surface area contributed by atoms with Crippen LogP contribution in [-0.4, -0.2) is 91.5 Å². The molecule has 6 rings (SSSR count). The van der Waals surface area contributed by atoms with E-state index in [0.29, 0.717) is 27.8 Å². The molecule has 2 aliphatic heterocycles. The third-order valence-corrected chi connectivity index (χ3v) is 12.2. The maximum absolute atomic E-state index is 14.3. The lowest BCUT2D eigenvalue weighted by atomic mass is 10.0. The number of benzene rings is 2. The van der Waals surface area contributed by atoms with Gasteiger partial charge >= 0.3 is 18.1 Å². The molecule has 1 fully saturated rings. The highest BCUT2D eigenvalue weighted by Crippen LogP contribution is 2.43. The molecular formula is C36H37N9O8S4. The minimum Gasteiger partial charge on any atom is -0.448 e. The molecule has 2 aromatic heterocycles. The number of aromatic nitrogens is 3. The van der Waals surface area contributed by atoms with Gasteiger partial charge in [-0.1, -0.05) is 83.8 Å². The summed E-state index contributed by atoms with van der Waals surface area (Å²) in [5, 5.41) is 15.0. The topological polar surface area (TPSA) is 214 Å². The van der Waals surface area contributed by atoms with E-state index in [1.165, 1.54) is 45.1 Å². The summed E-state index contributed by atoms with van der Waals surface area (Å²) in [6.07, 6.45) is -1.32. The van der Waals surface area contributed by atoms with Crippen molar-refractivity contribution < 1.29 is 38.2 Å². The summed E-state index contributed by atoms with van der Waals surface area (Å²) in [7, 11) is 0. The fourth-order valence-corrected chi connectivity index (χ4v) is 9.58. The van der Waals surface area contributed by atoms with Crippen LogP contribution < -0.4 is 26.4 Å². The Labute approximate surface area is 343 Å². The Morgan fingerprint density at radius 2 is 1.72 bits per heavy atom. The Hall–Kier alpha value is -5.51. The van der Waals surface area contributed by atoms with Gasteiger partial charge in [0.25, 0.3) is 5.91 Å². The molecule has 0 saturated carbocycles. The number of ether oxygens (including phenoxy) is 2. The number of aryl methyl sites for hydroxylation is 1. The molecule has 4 N–H and O–H groups in total. The number of carbonyl (C=O) groups excluding carboxylic acids is 6. The van der Waals surface area contributed by atoms with E-state index in [4.69, 9.17) is 9.47 Å². The lowest BCUT2D eigenvalue weighted by Crippen LogP contribution is -2.71. The van der Waals surface area contributed by atoms with Gasteiger partial charge in [-0.25, -0.2) is 30.2 Å². The zero-order valence-corrected chi connectivity index (χ0v) is 34.2. The van der Waals surface area contributed by atoms with Crippen molar-refractivity contribution in [3.63, 3.8) is 0 Å². The van der Waals surface area contributed by atoms with E-state index >= 15 is 0 Å². The van der Waals surface area contributed by atoms with Crippen molar-refractivity contribution >= 4 is 93.5 Å². The summed E-state index contributed by atoms with van der Waals surface area (Å²) in [5.74, 6) is -1.35. The van der Waals surface area contributed by atoms with E-state index in [0.717, 1.165) is 32.4 Å². The summed E-state index contributed by atoms with van der Waals surface area (Å²) in [6, 6.07) is 16.5. The first-order valence-corrected chi connectivity index (χ1v) is 21.0. The maximum Gasteiger partial charge on any atom is 0.426 e. The summed E-state index contributed by atoms with van der Waals surface area (Å²) >= 11 is 5.17. The first kappa shape index (κ1) is 41.1. The number of nitrogens with one attached hydrogen (secondary N) is 4. The van der Waals surface area contributed by atoms with Gasteiger partial charge in [-0.3, -0.25) is 24.2 Å². The highest BCUT2D eigenvalue weighted by molar-refractivity contribution is 8.01. The van der Waals surface area contributed by atoms with Crippen LogP contribution in [0.5, 0.6) is 0 Å². The predicted molar refractivity (Wildman–Crippen MR) is 215 cm³/mol. The van der Waals surface area contributed by atoms with E-state index in [-0.39, 0.29) is 16.6 Å². The van der Waals surface area contributed by atoms with Crippen LogP contribution in [0.3, 0.4) is 0 Å². The molecule has 21 heteroatoms. The third-order valence-electron chi connectivity index (χ3n) is 8.03. The van der Waals surface area contributed by atoms with Crippen molar-refractivity contribution in [2.45, 2.75) is 55.2 Å². The van der Waals surface area contributed by atoms with Gasteiger partial charge in [0.1, 0.15) is 34.3 Å². The first-order chi connectivity index (χ1) is 27.3. The number of amides is 6. The number of thioether (sulfide) groups is 2. The Balaban J connectivity index is 1.21. The average Bonchev–Trinajstić information content (AvgIpc) is 3.84. The van der Waals surface area contributed by atoms with Crippen molar-refractivity contribution in [3.8, 4) is 0 Å². The molecule has 2 unspecified atom stereocenters. The van der Waals surface area contributed by atoms with Gasteiger partial charge in [0, 0.05) is 16.9 Å². The fourth-order valence-electron chi connectivity index (χ4n) is 5.62. The normalized spacial score (nSPS) is 16.2. The number of carbonyl (C=O) groups is 6. The van der Waals surface area contributed by atoms with E-state index in [2.05, 4.69) is 36.7 Å². The molecule has 0 radical (unpaired) electrons. The number of hydrazine groups is 1. The van der Waals surface area contributed by atoms with Crippen LogP contribution >= 0.6 is 46.2 Å². The molecule has 0 bridgehead atoms. The molecule has 0 aliphatic carbocycles. The van der Waals surface area contributed by atoms with Gasteiger partial charge in [-0.2, -0.15) is 0 Å². The van der Waals surface area contributed by atoms with E-state index in [1.54, 1.807) is 20.8 Å². The number of rotatable bonds is 13. The zero-order valence-electron chi connectivity index (χ0n) is 30.9. The zero-order chi connectivity index (χ0) is 40.7. The van der Waals surface area contributed by atoms with Crippen LogP contribution in [0.25, 0.3) is 0 Å². The maximum atomic E-state index is 14.3. The van der Waals surface area contributed by atoms with Gasteiger partial charge in [-0.15, -0.1) is 33.3 Å². The summed E-state index contributed by atoms with van der Waals surface area (Å²) < 4.78 is 12.1. The van der Waals surface area contributed by atoms with Gasteiger partial charge in [-0.05, 0) is 44.4 Å². The summed E-state index contributed by atoms with van der Waals surface area (Å²) in [5.41, 5.74) is 5.68. The number of anilines is 2. The van der Waals surface area contributed by atoms with Gasteiger partial charge in [0.15, 0.2) is 21.4 Å². The Kier molecular flexibility index (Phi) is 13.1. The largest absolute Gasteiger partial charge is 0.448 e. The first-order valence-electron chi connectivity index (χ1n) is 17.2. The van der Waals surface area contributed by atoms with Crippen molar-refractivity contribution in [2.75, 3.05) is 28.3 Å². The number of urea groups is 1. The standard InChI is InChI=1S/C36H37N9O8S4/c1-20-40-43-35(57-20)56-17-23-16-54-30-26(29(48)45(30)27(23)31(49)52-28(21-11-7-5-8-12-21)22-13-9-6-10-14-22)39-25(47)15-44(24-18-55-32(38-24)37-19-46)33(50)41-42-34(51)53-36(2,3)4/h5-14,18-19,26,28,30H,15-17H2,1-4H3,(H,39,47)(H,41,50)(H,42,51)(H,37,38,46). The number of thiazole rings is 1. The quantitative estimate of drug-likeness (QED) is 0.0477. The fraction of sp³-hybridized carbons (Fsp3) is 0.306. The smallest absolute Gasteiger partial charge is 0.426 e. The highest BCUT2D eigenvalue weighted by atomic mass is 32.2. The lowest BCUT2D eigenvalue weighted by Gasteiger charge is -2.50. The molecule has 4 aromatic rings. The van der Waals surface area contributed by atoms with Crippen LogP contribution in [-0.2, 0) is 28.7 Å². The second kappa shape index (κ2) is 18.2. The number of hydrogen-bond acceptors (Lipinski definition) is 15. The SMILES string of the molecule is Cc1nnc(SCC2=C(C(=O)OC(c3ccccc3)c3ccccc3)N3C(=O)C(NC(=O)CN(C(=O)NNC(=O)OC(C)(C)C)c4csc(NC=O)n4)C3SC2)s1. The molecule has 57 heavy (non-hydrogen) atoms. The molecule has 4 heterocycles. The second-order valence-corrected chi connectivity index (χ2v) is 17.7. The number of β-lactam (4-membered cyclic amide) rings is 1. The predicted octanol–water partition coefficient (Wildman–Crippen LogP) is 4.61. The average molecular weight is 852 g/mol. The van der Waals surface area contributed by atoms with Crippen molar-refractivity contribution in [3.05, 3.63) is 93.4 Å². The Morgan fingerprint density at radius 3 is 2.33 bits per heavy atom. The van der Waals surface area contributed by atoms with Gasteiger partial charge in [0.05, 0.1) is 0 Å². The minimum absolute atomic E-state index is 0.0243. The molecule has 298 valence electrons. The van der Waals surface area contributed by atoms with E-state index in [9.17, 15) is 28.8 Å². The molecule has 17 nitrogen and oxygen atoms in total. The monoisotopic (exact) mass is 851 g/mol. The van der Waals surface area contributed by atoms with Crippen LogP contribution in [0.1, 0.15) is 43.0 Å². The number of nitrogens with zero attached hydrogens (tertiary/aromatic N) is 5. The molecule has 2 aliphatic rings. The Bertz CT molecular complexity index is 2120. The number of hydrogen-bond donors (Lipinski definition) is 4. The van der Waals surface area contributed by atoms with Crippen LogP contribution in [0, 0.1) is 6.92 Å². The van der Waals surface area contributed by atoms with Crippen LogP contribution in [0.15, 0.2) is 81.7 Å². The third kappa shape index (κ3) is 10.3. The number of esters is 1. The molecule has 0 spiro atoms. The van der Waals surface area contributed by atoms with Crippen LogP contribution in [0.4, 0.5) is 20.5 Å². The minimum atomic E-state index is -1.06. The second-order valence-electron chi connectivity index (χ2n) is 13.3. The van der Waals surface area contributed by atoms with E-state index < -0.39 is 59.6 Å². The molecule has 2 atom stereocenters. The van der Waals surface area contributed by atoms with E-state index in [1.807, 2.05) is 67.6 Å². The lowest BCUT2D eigenvalue weighted by molar-refractivity contribution is -0.154. The number of fused-ring (bicyclic) bond motifs is 1. The molecule has 2 aromatic carbocycles. The molecular weight excluding hydrogens is 815 g/mol. The van der Waals surface area contributed by atoms with Crippen molar-refractivity contribution in [1.29, 1.82) is 0 Å². The summed E-state index contributed by atoms with van der Waals surface area (Å²) in [4.78, 5) is 84.8. The van der Waals surface area contributed by atoms with Crippen molar-refractivity contribution in [2.24, 2.45) is 0 Å². The van der Waals surface area contributed by atoms with Gasteiger partial charge < -0.3 is 20.1 Å². The highest BCUT2D eigenvalue weighted by Gasteiger charge is 2.54. The molecule has 6 amide bonds. The van der Waals surface area contributed by atoms with Crippen molar-refractivity contribution in [1.82, 2.24) is 36.2 Å². The Morgan fingerprint density at radius 1 is 1.04 bits per heavy atom. The van der Waals surface area contributed by atoms with Gasteiger partial charge in [0.2, 0.25) is 12.3 Å². The summed E-state index contributed by atoms with van der Waals surface area (Å²) in [6.45, 7) is 6.13. The van der Waals surface area contributed by atoms with Crippen LogP contribution in [0.2, 0.25) is 0 Å². The molecule has 1 saturated heterocycles.